The van der Waals surface area contributed by atoms with Gasteiger partial charge in [-0.3, -0.25) is 19.6 Å². The lowest BCUT2D eigenvalue weighted by Gasteiger charge is -2.16. The molecule has 0 saturated heterocycles. The molecule has 0 fully saturated rings. The van der Waals surface area contributed by atoms with Crippen LogP contribution < -0.4 is 25.0 Å². The Morgan fingerprint density at radius 3 is 2.14 bits per heavy atom. The molecule has 0 aromatic heterocycles. The fourth-order valence-electron chi connectivity index (χ4n) is 2.78. The molecule has 0 aliphatic rings. The zero-order valence-electron chi connectivity index (χ0n) is 16.7. The summed E-state index contributed by atoms with van der Waals surface area (Å²) in [6.45, 7) is 1.27. The molecule has 3 N–H and O–H groups in total. The minimum Gasteiger partial charge on any atom is -0.493 e. The molecule has 0 saturated carbocycles. The van der Waals surface area contributed by atoms with E-state index in [0.717, 1.165) is 5.56 Å². The van der Waals surface area contributed by atoms with Crippen LogP contribution in [-0.4, -0.2) is 50.7 Å². The second-order valence-electron chi connectivity index (χ2n) is 6.28. The Labute approximate surface area is 164 Å². The molecule has 28 heavy (non-hydrogen) atoms. The molecule has 0 bridgehead atoms. The number of amides is 2. The first-order chi connectivity index (χ1) is 13.4. The quantitative estimate of drug-likeness (QED) is 0.359. The average molecular weight is 396 g/mol. The van der Waals surface area contributed by atoms with Gasteiger partial charge in [0.1, 0.15) is 5.78 Å². The van der Waals surface area contributed by atoms with Gasteiger partial charge in [0.05, 0.1) is 27.9 Å². The summed E-state index contributed by atoms with van der Waals surface area (Å²) in [5.41, 5.74) is 2.45. The summed E-state index contributed by atoms with van der Waals surface area (Å²) in [4.78, 5) is 34.8. The molecule has 0 aliphatic heterocycles. The van der Waals surface area contributed by atoms with Crippen molar-refractivity contribution in [3.05, 3.63) is 17.7 Å². The topological polar surface area (TPSA) is 123 Å². The third-order valence-electron chi connectivity index (χ3n) is 4.18. The van der Waals surface area contributed by atoms with Gasteiger partial charge in [-0.2, -0.15) is 0 Å². The Balaban J connectivity index is 2.80. The van der Waals surface area contributed by atoms with Gasteiger partial charge >= 0.3 is 0 Å². The highest BCUT2D eigenvalue weighted by Crippen LogP contribution is 2.38. The SMILES string of the molecule is COc1cc(CCCC(CC(=O)NO)C(=O)NCC(C)=O)cc(OC)c1OC. The highest BCUT2D eigenvalue weighted by molar-refractivity contribution is 5.88. The zero-order chi connectivity index (χ0) is 21.1. The maximum atomic E-state index is 12.2. The summed E-state index contributed by atoms with van der Waals surface area (Å²) >= 11 is 0. The van der Waals surface area contributed by atoms with E-state index in [0.29, 0.717) is 36.5 Å². The van der Waals surface area contributed by atoms with Crippen LogP contribution in [0, 0.1) is 5.92 Å². The molecule has 1 aromatic carbocycles. The first kappa shape index (κ1) is 23.2. The number of Topliss-reactive ketones (excluding diaryl/α,β-unsaturated/α-hetero) is 1. The van der Waals surface area contributed by atoms with E-state index in [9.17, 15) is 14.4 Å². The number of ketones is 1. The van der Waals surface area contributed by atoms with Gasteiger partial charge in [-0.25, -0.2) is 5.48 Å². The summed E-state index contributed by atoms with van der Waals surface area (Å²) in [7, 11) is 4.59. The number of ether oxygens (including phenoxy) is 3. The van der Waals surface area contributed by atoms with Crippen molar-refractivity contribution in [2.24, 2.45) is 5.92 Å². The average Bonchev–Trinajstić information content (AvgIpc) is 2.69. The molecule has 9 heteroatoms. The van der Waals surface area contributed by atoms with Crippen LogP contribution in [0.5, 0.6) is 17.2 Å². The first-order valence-corrected chi connectivity index (χ1v) is 8.85. The monoisotopic (exact) mass is 396 g/mol. The molecule has 0 radical (unpaired) electrons. The Morgan fingerprint density at radius 2 is 1.68 bits per heavy atom. The molecular formula is C19H28N2O7. The molecule has 9 nitrogen and oxygen atoms in total. The predicted octanol–water partition coefficient (Wildman–Crippen LogP) is 1.25. The van der Waals surface area contributed by atoms with E-state index in [2.05, 4.69) is 5.32 Å². The van der Waals surface area contributed by atoms with Gasteiger partial charge in [-0.05, 0) is 43.9 Å². The molecule has 0 aliphatic carbocycles. The van der Waals surface area contributed by atoms with Gasteiger partial charge in [0.15, 0.2) is 11.5 Å². The van der Waals surface area contributed by atoms with Gasteiger partial charge in [0, 0.05) is 12.3 Å². The molecule has 156 valence electrons. The van der Waals surface area contributed by atoms with Crippen LogP contribution in [0.4, 0.5) is 0 Å². The van der Waals surface area contributed by atoms with Gasteiger partial charge < -0.3 is 19.5 Å². The lowest BCUT2D eigenvalue weighted by atomic mass is 9.95. The van der Waals surface area contributed by atoms with E-state index in [1.54, 1.807) is 0 Å². The minimum absolute atomic E-state index is 0.0943. The maximum absolute atomic E-state index is 12.2. The number of carbonyl (C=O) groups excluding carboxylic acids is 3. The number of hydroxylamine groups is 1. The second-order valence-corrected chi connectivity index (χ2v) is 6.28. The van der Waals surface area contributed by atoms with Crippen molar-refractivity contribution in [3.63, 3.8) is 0 Å². The third kappa shape index (κ3) is 7.07. The van der Waals surface area contributed by atoms with E-state index in [-0.39, 0.29) is 18.7 Å². The van der Waals surface area contributed by atoms with Crippen molar-refractivity contribution in [1.29, 1.82) is 0 Å². The largest absolute Gasteiger partial charge is 0.493 e. The third-order valence-corrected chi connectivity index (χ3v) is 4.18. The Kier molecular flexibility index (Phi) is 9.80. The number of benzene rings is 1. The summed E-state index contributed by atoms with van der Waals surface area (Å²) in [6.07, 6.45) is 1.42. The van der Waals surface area contributed by atoms with Crippen LogP contribution in [0.2, 0.25) is 0 Å². The van der Waals surface area contributed by atoms with E-state index in [1.807, 2.05) is 12.1 Å². The summed E-state index contributed by atoms with van der Waals surface area (Å²) in [6, 6.07) is 3.65. The minimum atomic E-state index is -0.659. The number of hydrogen-bond acceptors (Lipinski definition) is 7. The first-order valence-electron chi connectivity index (χ1n) is 8.85. The van der Waals surface area contributed by atoms with Gasteiger partial charge in [-0.1, -0.05) is 0 Å². The van der Waals surface area contributed by atoms with Crippen LogP contribution in [0.3, 0.4) is 0 Å². The normalized spacial score (nSPS) is 11.3. The predicted molar refractivity (Wildman–Crippen MR) is 101 cm³/mol. The van der Waals surface area contributed by atoms with E-state index in [4.69, 9.17) is 19.4 Å². The Bertz CT molecular complexity index is 666. The van der Waals surface area contributed by atoms with Crippen LogP contribution in [0.15, 0.2) is 12.1 Å². The van der Waals surface area contributed by atoms with Crippen molar-refractivity contribution in [3.8, 4) is 17.2 Å². The fourth-order valence-corrected chi connectivity index (χ4v) is 2.78. The molecule has 1 unspecified atom stereocenters. The van der Waals surface area contributed by atoms with Crippen LogP contribution in [-0.2, 0) is 20.8 Å². The van der Waals surface area contributed by atoms with Crippen LogP contribution in [0.25, 0.3) is 0 Å². The molecular weight excluding hydrogens is 368 g/mol. The van der Waals surface area contributed by atoms with Gasteiger partial charge in [0.25, 0.3) is 0 Å². The molecule has 1 rings (SSSR count). The van der Waals surface area contributed by atoms with Crippen molar-refractivity contribution >= 4 is 17.6 Å². The van der Waals surface area contributed by atoms with Gasteiger partial charge in [-0.15, -0.1) is 0 Å². The van der Waals surface area contributed by atoms with Crippen molar-refractivity contribution in [2.45, 2.75) is 32.6 Å². The number of aryl methyl sites for hydroxylation is 1. The fraction of sp³-hybridized carbons (Fsp3) is 0.526. The number of methoxy groups -OCH3 is 3. The summed E-state index contributed by atoms with van der Waals surface area (Å²) in [5, 5.41) is 11.2. The molecule has 1 atom stereocenters. The van der Waals surface area contributed by atoms with E-state index >= 15 is 0 Å². The molecule has 0 heterocycles. The maximum Gasteiger partial charge on any atom is 0.244 e. The zero-order valence-corrected chi connectivity index (χ0v) is 16.7. The van der Waals surface area contributed by atoms with E-state index in [1.165, 1.54) is 33.7 Å². The van der Waals surface area contributed by atoms with Crippen LogP contribution in [0.1, 0.15) is 31.7 Å². The standard InChI is InChI=1S/C19H28N2O7/c1-12(22)11-20-19(24)14(10-17(23)21-25)7-5-6-13-8-15(26-2)18(28-4)16(9-13)27-3/h8-9,14,25H,5-7,10-11H2,1-4H3,(H,20,24)(H,21,23). The molecule has 2 amide bonds. The highest BCUT2D eigenvalue weighted by atomic mass is 16.5. The van der Waals surface area contributed by atoms with E-state index < -0.39 is 17.7 Å². The van der Waals surface area contributed by atoms with Crippen LogP contribution >= 0.6 is 0 Å². The number of rotatable bonds is 12. The Morgan fingerprint density at radius 1 is 1.07 bits per heavy atom. The Hall–Kier alpha value is -2.81. The molecule has 1 aromatic rings. The summed E-state index contributed by atoms with van der Waals surface area (Å²) < 4.78 is 15.9. The second kappa shape index (κ2) is 11.8. The smallest absolute Gasteiger partial charge is 0.244 e. The highest BCUT2D eigenvalue weighted by Gasteiger charge is 2.22. The molecule has 0 spiro atoms. The number of carbonyl (C=O) groups is 3. The van der Waals surface area contributed by atoms with Crippen molar-refractivity contribution in [1.82, 2.24) is 10.8 Å². The summed E-state index contributed by atoms with van der Waals surface area (Å²) in [5.74, 6) is -0.335. The van der Waals surface area contributed by atoms with Crippen molar-refractivity contribution in [2.75, 3.05) is 27.9 Å². The number of hydrogen-bond donors (Lipinski definition) is 3. The van der Waals surface area contributed by atoms with Crippen molar-refractivity contribution < 1.29 is 33.8 Å². The lowest BCUT2D eigenvalue weighted by Crippen LogP contribution is -2.36. The van der Waals surface area contributed by atoms with Gasteiger partial charge in [0.2, 0.25) is 17.6 Å². The number of nitrogens with one attached hydrogen (secondary N) is 2. The lowest BCUT2D eigenvalue weighted by molar-refractivity contribution is -0.135.